The van der Waals surface area contributed by atoms with Gasteiger partial charge >= 0.3 is 12.2 Å². The van der Waals surface area contributed by atoms with Crippen molar-refractivity contribution in [2.45, 2.75) is 52.7 Å². The fraction of sp³-hybridized carbons (Fsp3) is 0.833. The van der Waals surface area contributed by atoms with Crippen molar-refractivity contribution in [3.63, 3.8) is 0 Å². The number of carbonyl (C=O) groups excluding carboxylic acids is 2. The molecule has 0 saturated carbocycles. The van der Waals surface area contributed by atoms with E-state index < -0.39 is 44.7 Å². The van der Waals surface area contributed by atoms with Gasteiger partial charge in [-0.3, -0.25) is 0 Å². The molecule has 0 radical (unpaired) electrons. The summed E-state index contributed by atoms with van der Waals surface area (Å²) >= 11 is 0. The highest BCUT2D eigenvalue weighted by Crippen LogP contribution is 2.15. The van der Waals surface area contributed by atoms with Gasteiger partial charge in [-0.2, -0.15) is 0 Å². The molecule has 21 heavy (non-hydrogen) atoms. The molecule has 124 valence electrons. The number of ether oxygens (including phenoxy) is 2. The zero-order valence-corrected chi connectivity index (χ0v) is 14.7. The molecule has 0 spiro atoms. The van der Waals surface area contributed by atoms with Gasteiger partial charge < -0.3 is 9.47 Å². The Hall–Kier alpha value is -1.02. The zero-order valence-electron chi connectivity index (χ0n) is 13.1. The first kappa shape index (κ1) is 20.0. The van der Waals surface area contributed by atoms with E-state index in [-0.39, 0.29) is 0 Å². The smallest absolute Gasteiger partial charge is 0.419 e. The van der Waals surface area contributed by atoms with Crippen LogP contribution in [0.4, 0.5) is 9.59 Å². The average Bonchev–Trinajstić information content (AvgIpc) is 2.08. The highest BCUT2D eigenvalue weighted by atomic mass is 35.7. The van der Waals surface area contributed by atoms with Gasteiger partial charge in [0.25, 0.3) is 0 Å². The maximum absolute atomic E-state index is 12.0. The summed E-state index contributed by atoms with van der Waals surface area (Å²) in [4.78, 5) is 24.5. The summed E-state index contributed by atoms with van der Waals surface area (Å²) in [6.07, 6.45) is -1.98. The zero-order chi connectivity index (χ0) is 17.1. The number of nitrogens with zero attached hydrogens (tertiary/aromatic N) is 1. The first-order valence-corrected chi connectivity index (χ1v) is 8.74. The fourth-order valence-corrected chi connectivity index (χ4v) is 1.70. The molecular formula is C12H22ClNO6S. The van der Waals surface area contributed by atoms with Crippen LogP contribution < -0.4 is 0 Å². The SMILES string of the molecule is CC(C)(C)OC(=O)N(CCS(=O)(=O)Cl)C(=O)OC(C)(C)C. The predicted octanol–water partition coefficient (Wildman–Crippen LogP) is 2.73. The average molecular weight is 344 g/mol. The summed E-state index contributed by atoms with van der Waals surface area (Å²) in [5.74, 6) is -0.590. The van der Waals surface area contributed by atoms with Crippen LogP contribution in [-0.4, -0.2) is 49.0 Å². The predicted molar refractivity (Wildman–Crippen MR) is 78.8 cm³/mol. The summed E-state index contributed by atoms with van der Waals surface area (Å²) in [5, 5.41) is 0. The Bertz CT molecular complexity index is 461. The molecule has 0 aromatic rings. The van der Waals surface area contributed by atoms with Crippen LogP contribution in [0.1, 0.15) is 41.5 Å². The molecule has 0 unspecified atom stereocenters. The minimum absolute atomic E-state index is 0.449. The van der Waals surface area contributed by atoms with Crippen molar-refractivity contribution in [1.82, 2.24) is 4.90 Å². The summed E-state index contributed by atoms with van der Waals surface area (Å²) < 4.78 is 32.1. The van der Waals surface area contributed by atoms with Crippen LogP contribution in [0.5, 0.6) is 0 Å². The third-order valence-electron chi connectivity index (χ3n) is 1.79. The van der Waals surface area contributed by atoms with E-state index in [9.17, 15) is 18.0 Å². The number of amides is 2. The second-order valence-electron chi connectivity index (χ2n) is 6.36. The first-order chi connectivity index (χ1) is 9.11. The van der Waals surface area contributed by atoms with Crippen LogP contribution in [0.3, 0.4) is 0 Å². The van der Waals surface area contributed by atoms with Gasteiger partial charge in [0.1, 0.15) is 11.2 Å². The molecule has 7 nitrogen and oxygen atoms in total. The minimum atomic E-state index is -3.86. The number of hydrogen-bond donors (Lipinski definition) is 0. The van der Waals surface area contributed by atoms with E-state index in [0.717, 1.165) is 0 Å². The van der Waals surface area contributed by atoms with Gasteiger partial charge in [-0.25, -0.2) is 22.9 Å². The van der Waals surface area contributed by atoms with Gasteiger partial charge in [0.2, 0.25) is 9.05 Å². The van der Waals surface area contributed by atoms with E-state index >= 15 is 0 Å². The summed E-state index contributed by atoms with van der Waals surface area (Å²) in [5.41, 5.74) is -1.67. The Morgan fingerprint density at radius 3 is 1.52 bits per heavy atom. The molecule has 0 saturated heterocycles. The van der Waals surface area contributed by atoms with E-state index in [2.05, 4.69) is 0 Å². The van der Waals surface area contributed by atoms with Gasteiger partial charge in [0, 0.05) is 10.7 Å². The first-order valence-electron chi connectivity index (χ1n) is 6.26. The quantitative estimate of drug-likeness (QED) is 0.732. The Labute approximate surface area is 129 Å². The topological polar surface area (TPSA) is 90.0 Å². The molecule has 0 heterocycles. The Morgan fingerprint density at radius 2 is 1.29 bits per heavy atom. The molecule has 0 aliphatic heterocycles. The summed E-state index contributed by atoms with van der Waals surface area (Å²) in [6, 6.07) is 0. The number of rotatable bonds is 3. The van der Waals surface area contributed by atoms with E-state index in [1.165, 1.54) is 0 Å². The third kappa shape index (κ3) is 10.4. The minimum Gasteiger partial charge on any atom is -0.443 e. The Kier molecular flexibility index (Phi) is 6.50. The number of hydrogen-bond acceptors (Lipinski definition) is 6. The molecule has 0 N–H and O–H groups in total. The molecule has 9 heteroatoms. The van der Waals surface area contributed by atoms with Gasteiger partial charge in [0.05, 0.1) is 12.3 Å². The lowest BCUT2D eigenvalue weighted by molar-refractivity contribution is 0.00273. The highest BCUT2D eigenvalue weighted by Gasteiger charge is 2.31. The van der Waals surface area contributed by atoms with Gasteiger partial charge in [-0.05, 0) is 41.5 Å². The van der Waals surface area contributed by atoms with Crippen molar-refractivity contribution >= 4 is 31.9 Å². The second-order valence-corrected chi connectivity index (χ2v) is 9.25. The Morgan fingerprint density at radius 1 is 0.952 bits per heavy atom. The van der Waals surface area contributed by atoms with E-state index in [1.807, 2.05) is 0 Å². The lowest BCUT2D eigenvalue weighted by Crippen LogP contribution is -2.45. The van der Waals surface area contributed by atoms with Crippen LogP contribution in [0.25, 0.3) is 0 Å². The van der Waals surface area contributed by atoms with E-state index in [0.29, 0.717) is 4.90 Å². The Balaban J connectivity index is 5.09. The third-order valence-corrected chi connectivity index (χ3v) is 2.92. The number of halogens is 1. The summed E-state index contributed by atoms with van der Waals surface area (Å²) in [6.45, 7) is 9.28. The van der Waals surface area contributed by atoms with Crippen LogP contribution in [0, 0.1) is 0 Å². The normalized spacial score (nSPS) is 12.7. The van der Waals surface area contributed by atoms with Crippen LogP contribution in [-0.2, 0) is 18.5 Å². The molecule has 0 bridgehead atoms. The standard InChI is InChI=1S/C12H22ClNO6S/c1-11(2,3)19-9(15)14(7-8-21(13,17)18)10(16)20-12(4,5)6/h7-8H2,1-6H3. The molecule has 0 aliphatic rings. The maximum atomic E-state index is 12.0. The van der Waals surface area contributed by atoms with Crippen molar-refractivity contribution in [2.24, 2.45) is 0 Å². The molecule has 0 aromatic heterocycles. The molecular weight excluding hydrogens is 322 g/mol. The van der Waals surface area contributed by atoms with Gasteiger partial charge in [0.15, 0.2) is 0 Å². The van der Waals surface area contributed by atoms with Crippen molar-refractivity contribution < 1.29 is 27.5 Å². The van der Waals surface area contributed by atoms with Crippen molar-refractivity contribution in [1.29, 1.82) is 0 Å². The van der Waals surface area contributed by atoms with E-state index in [4.69, 9.17) is 20.2 Å². The van der Waals surface area contributed by atoms with Gasteiger partial charge in [-0.15, -0.1) is 0 Å². The van der Waals surface area contributed by atoms with Crippen molar-refractivity contribution in [3.8, 4) is 0 Å². The molecule has 0 aromatic carbocycles. The lowest BCUT2D eigenvalue weighted by Gasteiger charge is -2.28. The number of imide groups is 1. The fourth-order valence-electron chi connectivity index (χ4n) is 1.09. The molecule has 0 atom stereocenters. The summed E-state index contributed by atoms with van der Waals surface area (Å²) in [7, 11) is 1.24. The molecule has 0 fully saturated rings. The van der Waals surface area contributed by atoms with Gasteiger partial charge in [-0.1, -0.05) is 0 Å². The van der Waals surface area contributed by atoms with E-state index in [1.54, 1.807) is 41.5 Å². The largest absolute Gasteiger partial charge is 0.443 e. The van der Waals surface area contributed by atoms with Crippen LogP contribution in [0.15, 0.2) is 0 Å². The monoisotopic (exact) mass is 343 g/mol. The highest BCUT2D eigenvalue weighted by molar-refractivity contribution is 8.13. The molecule has 0 rings (SSSR count). The van der Waals surface area contributed by atoms with Crippen molar-refractivity contribution in [3.05, 3.63) is 0 Å². The lowest BCUT2D eigenvalue weighted by atomic mass is 10.2. The number of carbonyl (C=O) groups is 2. The molecule has 0 aliphatic carbocycles. The van der Waals surface area contributed by atoms with Crippen LogP contribution in [0.2, 0.25) is 0 Å². The molecule has 2 amide bonds. The van der Waals surface area contributed by atoms with Crippen LogP contribution >= 0.6 is 10.7 Å². The second kappa shape index (κ2) is 6.83. The van der Waals surface area contributed by atoms with Crippen molar-refractivity contribution in [2.75, 3.05) is 12.3 Å². The maximum Gasteiger partial charge on any atom is 0.419 e.